The summed E-state index contributed by atoms with van der Waals surface area (Å²) < 4.78 is 7.02. The van der Waals surface area contributed by atoms with E-state index >= 15 is 0 Å². The SMILES string of the molecule is Cc1ccc(C)c(Oc2ccc([C@H](C)N)cc2Br)c1C. The predicted octanol–water partition coefficient (Wildman–Crippen LogP) is 5.19. The fraction of sp³-hybridized carbons (Fsp3) is 0.294. The van der Waals surface area contributed by atoms with Gasteiger partial charge in [0.15, 0.2) is 0 Å². The molecular formula is C17H20BrNO. The average Bonchev–Trinajstić information content (AvgIpc) is 2.40. The van der Waals surface area contributed by atoms with Crippen molar-refractivity contribution in [1.29, 1.82) is 0 Å². The van der Waals surface area contributed by atoms with Gasteiger partial charge in [-0.2, -0.15) is 0 Å². The molecule has 0 radical (unpaired) electrons. The molecule has 2 nitrogen and oxygen atoms in total. The minimum Gasteiger partial charge on any atom is -0.456 e. The maximum atomic E-state index is 6.10. The molecular weight excluding hydrogens is 314 g/mol. The Morgan fingerprint density at radius 2 is 1.70 bits per heavy atom. The number of hydrogen-bond acceptors (Lipinski definition) is 2. The van der Waals surface area contributed by atoms with Gasteiger partial charge in [-0.05, 0) is 78.0 Å². The summed E-state index contributed by atoms with van der Waals surface area (Å²) in [5.74, 6) is 1.74. The summed E-state index contributed by atoms with van der Waals surface area (Å²) in [7, 11) is 0. The van der Waals surface area contributed by atoms with Crippen LogP contribution in [-0.4, -0.2) is 0 Å². The number of halogens is 1. The van der Waals surface area contributed by atoms with Crippen LogP contribution in [0.5, 0.6) is 11.5 Å². The van der Waals surface area contributed by atoms with E-state index in [4.69, 9.17) is 10.5 Å². The molecule has 2 aromatic carbocycles. The zero-order valence-electron chi connectivity index (χ0n) is 12.3. The van der Waals surface area contributed by atoms with Crippen molar-refractivity contribution in [3.05, 3.63) is 57.1 Å². The number of aryl methyl sites for hydroxylation is 2. The van der Waals surface area contributed by atoms with Crippen molar-refractivity contribution >= 4 is 15.9 Å². The van der Waals surface area contributed by atoms with Crippen molar-refractivity contribution < 1.29 is 4.74 Å². The van der Waals surface area contributed by atoms with Gasteiger partial charge in [-0.25, -0.2) is 0 Å². The second kappa shape index (κ2) is 5.98. The number of nitrogens with two attached hydrogens (primary N) is 1. The third kappa shape index (κ3) is 3.05. The highest BCUT2D eigenvalue weighted by Gasteiger charge is 2.11. The minimum atomic E-state index is 0.0165. The third-order valence-electron chi connectivity index (χ3n) is 3.57. The molecule has 0 unspecified atom stereocenters. The van der Waals surface area contributed by atoms with Gasteiger partial charge in [0.05, 0.1) is 4.47 Å². The highest BCUT2D eigenvalue weighted by molar-refractivity contribution is 9.10. The topological polar surface area (TPSA) is 35.2 Å². The number of rotatable bonds is 3. The lowest BCUT2D eigenvalue weighted by Gasteiger charge is -2.16. The van der Waals surface area contributed by atoms with Gasteiger partial charge < -0.3 is 10.5 Å². The molecule has 0 fully saturated rings. The second-order valence-electron chi connectivity index (χ2n) is 5.23. The van der Waals surface area contributed by atoms with E-state index < -0.39 is 0 Å². The molecule has 0 aliphatic heterocycles. The lowest BCUT2D eigenvalue weighted by atomic mass is 10.1. The molecule has 20 heavy (non-hydrogen) atoms. The predicted molar refractivity (Wildman–Crippen MR) is 87.5 cm³/mol. The van der Waals surface area contributed by atoms with E-state index in [9.17, 15) is 0 Å². The van der Waals surface area contributed by atoms with E-state index in [1.807, 2.05) is 25.1 Å². The van der Waals surface area contributed by atoms with Gasteiger partial charge in [0.25, 0.3) is 0 Å². The molecule has 0 spiro atoms. The summed E-state index contributed by atoms with van der Waals surface area (Å²) in [6, 6.07) is 10.2. The first-order chi connectivity index (χ1) is 9.40. The largest absolute Gasteiger partial charge is 0.456 e. The van der Waals surface area contributed by atoms with E-state index in [2.05, 4.69) is 48.8 Å². The Morgan fingerprint density at radius 1 is 1.05 bits per heavy atom. The number of ether oxygens (including phenoxy) is 1. The fourth-order valence-corrected chi connectivity index (χ4v) is 2.55. The van der Waals surface area contributed by atoms with Crippen LogP contribution in [0.15, 0.2) is 34.8 Å². The standard InChI is InChI=1S/C17H20BrNO/c1-10-5-6-11(2)17(12(10)3)20-16-8-7-14(13(4)19)9-15(16)18/h5-9,13H,19H2,1-4H3/t13-/m0/s1. The van der Waals surface area contributed by atoms with Crippen LogP contribution in [0.4, 0.5) is 0 Å². The number of hydrogen-bond donors (Lipinski definition) is 1. The molecule has 0 saturated heterocycles. The molecule has 0 saturated carbocycles. The summed E-state index contributed by atoms with van der Waals surface area (Å²) in [6.45, 7) is 8.21. The van der Waals surface area contributed by atoms with Crippen molar-refractivity contribution in [2.75, 3.05) is 0 Å². The van der Waals surface area contributed by atoms with Gasteiger partial charge in [0.1, 0.15) is 11.5 Å². The van der Waals surface area contributed by atoms with Crippen LogP contribution in [0.1, 0.15) is 35.2 Å². The van der Waals surface area contributed by atoms with Crippen LogP contribution < -0.4 is 10.5 Å². The highest BCUT2D eigenvalue weighted by atomic mass is 79.9. The van der Waals surface area contributed by atoms with Crippen LogP contribution in [0, 0.1) is 20.8 Å². The molecule has 2 rings (SSSR count). The Labute approximate surface area is 129 Å². The van der Waals surface area contributed by atoms with Crippen LogP contribution in [0.2, 0.25) is 0 Å². The lowest BCUT2D eigenvalue weighted by Crippen LogP contribution is -2.04. The van der Waals surface area contributed by atoms with Crippen LogP contribution in [0.25, 0.3) is 0 Å². The molecule has 0 bridgehead atoms. The second-order valence-corrected chi connectivity index (χ2v) is 6.09. The number of benzene rings is 2. The molecule has 0 aliphatic rings. The maximum Gasteiger partial charge on any atom is 0.141 e. The lowest BCUT2D eigenvalue weighted by molar-refractivity contribution is 0.471. The van der Waals surface area contributed by atoms with Crippen molar-refractivity contribution in [3.63, 3.8) is 0 Å². The summed E-state index contributed by atoms with van der Waals surface area (Å²) in [6.07, 6.45) is 0. The first-order valence-corrected chi connectivity index (χ1v) is 7.49. The van der Waals surface area contributed by atoms with Gasteiger partial charge >= 0.3 is 0 Å². The third-order valence-corrected chi connectivity index (χ3v) is 4.19. The van der Waals surface area contributed by atoms with Gasteiger partial charge in [-0.1, -0.05) is 18.2 Å². The van der Waals surface area contributed by atoms with E-state index in [-0.39, 0.29) is 6.04 Å². The quantitative estimate of drug-likeness (QED) is 0.839. The van der Waals surface area contributed by atoms with Crippen molar-refractivity contribution in [3.8, 4) is 11.5 Å². The van der Waals surface area contributed by atoms with Crippen LogP contribution in [0.3, 0.4) is 0 Å². The maximum absolute atomic E-state index is 6.10. The zero-order chi connectivity index (χ0) is 14.9. The Balaban J connectivity index is 2.38. The molecule has 1 atom stereocenters. The van der Waals surface area contributed by atoms with Crippen LogP contribution in [-0.2, 0) is 0 Å². The molecule has 106 valence electrons. The average molecular weight is 334 g/mol. The van der Waals surface area contributed by atoms with E-state index in [0.29, 0.717) is 0 Å². The monoisotopic (exact) mass is 333 g/mol. The van der Waals surface area contributed by atoms with Crippen molar-refractivity contribution in [2.45, 2.75) is 33.7 Å². The first-order valence-electron chi connectivity index (χ1n) is 6.70. The van der Waals surface area contributed by atoms with E-state index in [1.165, 1.54) is 11.1 Å². The van der Waals surface area contributed by atoms with Crippen molar-refractivity contribution in [2.24, 2.45) is 5.73 Å². The molecule has 2 aromatic rings. The minimum absolute atomic E-state index is 0.0165. The highest BCUT2D eigenvalue weighted by Crippen LogP contribution is 2.35. The smallest absolute Gasteiger partial charge is 0.141 e. The fourth-order valence-electron chi connectivity index (χ4n) is 2.08. The summed E-state index contributed by atoms with van der Waals surface area (Å²) in [5, 5.41) is 0. The Hall–Kier alpha value is -1.32. The Morgan fingerprint density at radius 3 is 2.30 bits per heavy atom. The molecule has 0 amide bonds. The van der Waals surface area contributed by atoms with Gasteiger partial charge in [-0.3, -0.25) is 0 Å². The first kappa shape index (κ1) is 15.1. The van der Waals surface area contributed by atoms with E-state index in [0.717, 1.165) is 27.1 Å². The summed E-state index contributed by atoms with van der Waals surface area (Å²) >= 11 is 3.56. The summed E-state index contributed by atoms with van der Waals surface area (Å²) in [4.78, 5) is 0. The Kier molecular flexibility index (Phi) is 4.51. The van der Waals surface area contributed by atoms with Gasteiger partial charge in [-0.15, -0.1) is 0 Å². The molecule has 0 aliphatic carbocycles. The van der Waals surface area contributed by atoms with Crippen LogP contribution >= 0.6 is 15.9 Å². The molecule has 2 N–H and O–H groups in total. The summed E-state index contributed by atoms with van der Waals surface area (Å²) in [5.41, 5.74) is 10.5. The Bertz CT molecular complexity index is 635. The normalized spacial score (nSPS) is 12.3. The molecule has 0 aromatic heterocycles. The molecule has 3 heteroatoms. The zero-order valence-corrected chi connectivity index (χ0v) is 13.9. The van der Waals surface area contributed by atoms with Gasteiger partial charge in [0, 0.05) is 6.04 Å². The molecule has 0 heterocycles. The van der Waals surface area contributed by atoms with Gasteiger partial charge in [0.2, 0.25) is 0 Å². The van der Waals surface area contributed by atoms with E-state index in [1.54, 1.807) is 0 Å². The van der Waals surface area contributed by atoms with Crippen molar-refractivity contribution in [1.82, 2.24) is 0 Å².